The fraction of sp³-hybridized carbons (Fsp3) is 0.882. The van der Waals surface area contributed by atoms with Crippen molar-refractivity contribution in [3.8, 4) is 0 Å². The molecule has 0 heterocycles. The Morgan fingerprint density at radius 1 is 0.867 bits per heavy atom. The van der Waals surface area contributed by atoms with Crippen LogP contribution in [0.1, 0.15) is 39.0 Å². The summed E-state index contributed by atoms with van der Waals surface area (Å²) in [5, 5.41) is 0. The Morgan fingerprint density at radius 3 is 1.87 bits per heavy atom. The first-order chi connectivity index (χ1) is 13.7. The third kappa shape index (κ3) is 8.60. The number of halogens is 8. The summed E-state index contributed by atoms with van der Waals surface area (Å²) in [6.45, 7) is 0.0418. The molecule has 0 saturated carbocycles. The van der Waals surface area contributed by atoms with Crippen LogP contribution < -0.4 is 0 Å². The van der Waals surface area contributed by atoms with Crippen molar-refractivity contribution >= 4 is 11.9 Å². The first-order valence-electron chi connectivity index (χ1n) is 8.90. The lowest BCUT2D eigenvalue weighted by Gasteiger charge is -2.31. The number of rotatable bonds is 15. The van der Waals surface area contributed by atoms with Crippen molar-refractivity contribution in [3.63, 3.8) is 0 Å². The summed E-state index contributed by atoms with van der Waals surface area (Å²) < 4.78 is 115. The number of esters is 2. The highest BCUT2D eigenvalue weighted by Crippen LogP contribution is 2.48. The van der Waals surface area contributed by atoms with Gasteiger partial charge in [0.15, 0.2) is 6.61 Å². The molecular weight excluding hydrogens is 436 g/mol. The molecule has 1 atom stereocenters. The van der Waals surface area contributed by atoms with Crippen LogP contribution in [-0.4, -0.2) is 63.1 Å². The van der Waals surface area contributed by atoms with E-state index in [0.29, 0.717) is 13.0 Å². The number of carbonyl (C=O) groups is 2. The fourth-order valence-corrected chi connectivity index (χ4v) is 2.00. The molecule has 0 aliphatic heterocycles. The molecule has 0 fully saturated rings. The second kappa shape index (κ2) is 12.3. The lowest BCUT2D eigenvalue weighted by atomic mass is 10.1. The summed E-state index contributed by atoms with van der Waals surface area (Å²) in [5.74, 6) is -20.5. The number of methoxy groups -OCH3 is 1. The number of alkyl halides is 8. The van der Waals surface area contributed by atoms with Crippen LogP contribution in [0.2, 0.25) is 0 Å². The Balaban J connectivity index is 4.27. The van der Waals surface area contributed by atoms with Crippen LogP contribution in [0.4, 0.5) is 35.1 Å². The Morgan fingerprint density at radius 2 is 1.37 bits per heavy atom. The van der Waals surface area contributed by atoms with Gasteiger partial charge in [-0.2, -0.15) is 26.3 Å². The van der Waals surface area contributed by atoms with Crippen LogP contribution in [0.3, 0.4) is 0 Å². The van der Waals surface area contributed by atoms with Crippen molar-refractivity contribution in [2.45, 2.75) is 63.2 Å². The van der Waals surface area contributed by atoms with Gasteiger partial charge in [0.2, 0.25) is 0 Å². The number of hydrogen-bond acceptors (Lipinski definition) is 5. The predicted octanol–water partition coefficient (Wildman–Crippen LogP) is 4.48. The van der Waals surface area contributed by atoms with Gasteiger partial charge in [0.1, 0.15) is 0 Å². The van der Waals surface area contributed by atoms with Gasteiger partial charge < -0.3 is 14.2 Å². The Kier molecular flexibility index (Phi) is 11.6. The van der Waals surface area contributed by atoms with Gasteiger partial charge in [0, 0.05) is 26.6 Å². The van der Waals surface area contributed by atoms with E-state index in [1.54, 1.807) is 7.11 Å². The SMILES string of the molecule is COCCC(C)CCOC(=O)CCCC(=O)OCC(F)(F)C(F)(F)C(F)(F)C(F)F. The molecule has 0 aliphatic carbocycles. The minimum atomic E-state index is -6.45. The average Bonchev–Trinajstić information content (AvgIpc) is 2.64. The molecule has 1 unspecified atom stereocenters. The van der Waals surface area contributed by atoms with Gasteiger partial charge in [-0.1, -0.05) is 6.92 Å². The Bertz CT molecular complexity index is 542. The van der Waals surface area contributed by atoms with Crippen LogP contribution in [0, 0.1) is 5.92 Å². The van der Waals surface area contributed by atoms with E-state index in [-0.39, 0.29) is 25.4 Å². The van der Waals surface area contributed by atoms with Crippen LogP contribution >= 0.6 is 0 Å². The summed E-state index contributed by atoms with van der Waals surface area (Å²) in [6, 6.07) is 0. The maximum absolute atomic E-state index is 13.2. The molecule has 0 spiro atoms. The molecule has 0 N–H and O–H groups in total. The molecule has 0 aliphatic rings. The van der Waals surface area contributed by atoms with Gasteiger partial charge in [-0.15, -0.1) is 0 Å². The van der Waals surface area contributed by atoms with Gasteiger partial charge in [0.25, 0.3) is 0 Å². The lowest BCUT2D eigenvalue weighted by Crippen LogP contribution is -2.59. The lowest BCUT2D eigenvalue weighted by molar-refractivity contribution is -0.344. The van der Waals surface area contributed by atoms with Crippen molar-refractivity contribution in [2.75, 3.05) is 26.9 Å². The standard InChI is InChI=1S/C17H24F8O5/c1-11(6-8-28-2)7-9-29-12(26)4-3-5-13(27)30-10-15(20,21)17(24,25)16(22,23)14(18)19/h11,14H,3-10H2,1-2H3. The van der Waals surface area contributed by atoms with Gasteiger partial charge in [-0.25, -0.2) is 8.78 Å². The van der Waals surface area contributed by atoms with Crippen LogP contribution in [0.5, 0.6) is 0 Å². The van der Waals surface area contributed by atoms with E-state index in [2.05, 4.69) is 4.74 Å². The highest BCUT2D eigenvalue weighted by Gasteiger charge is 2.75. The van der Waals surface area contributed by atoms with Gasteiger partial charge in [0.05, 0.1) is 6.61 Å². The highest BCUT2D eigenvalue weighted by atomic mass is 19.4. The van der Waals surface area contributed by atoms with Crippen LogP contribution in [0.15, 0.2) is 0 Å². The first-order valence-corrected chi connectivity index (χ1v) is 8.90. The molecule has 0 saturated heterocycles. The number of hydrogen-bond donors (Lipinski definition) is 0. The molecule has 5 nitrogen and oxygen atoms in total. The predicted molar refractivity (Wildman–Crippen MR) is 86.9 cm³/mol. The van der Waals surface area contributed by atoms with E-state index in [1.807, 2.05) is 6.92 Å². The van der Waals surface area contributed by atoms with Gasteiger partial charge in [-0.3, -0.25) is 9.59 Å². The first kappa shape index (κ1) is 28.3. The summed E-state index contributed by atoms with van der Waals surface area (Å²) in [5.41, 5.74) is 0. The average molecular weight is 460 g/mol. The molecule has 30 heavy (non-hydrogen) atoms. The zero-order chi connectivity index (χ0) is 23.6. The number of carbonyl (C=O) groups excluding carboxylic acids is 2. The minimum Gasteiger partial charge on any atom is -0.466 e. The largest absolute Gasteiger partial charge is 0.466 e. The molecule has 0 aromatic heterocycles. The van der Waals surface area contributed by atoms with Crippen LogP contribution in [-0.2, 0) is 23.8 Å². The van der Waals surface area contributed by atoms with Crippen LogP contribution in [0.25, 0.3) is 0 Å². The Labute approximate surface area is 168 Å². The quantitative estimate of drug-likeness (QED) is 0.267. The molecule has 0 radical (unpaired) electrons. The van der Waals surface area contributed by atoms with Crippen molar-refractivity contribution in [3.05, 3.63) is 0 Å². The van der Waals surface area contributed by atoms with E-state index >= 15 is 0 Å². The third-order valence-corrected chi connectivity index (χ3v) is 4.02. The fourth-order valence-electron chi connectivity index (χ4n) is 2.00. The topological polar surface area (TPSA) is 61.8 Å². The van der Waals surface area contributed by atoms with Crippen molar-refractivity contribution < 1.29 is 58.9 Å². The van der Waals surface area contributed by atoms with E-state index in [4.69, 9.17) is 9.47 Å². The molecule has 0 aromatic carbocycles. The van der Waals surface area contributed by atoms with Crippen molar-refractivity contribution in [1.29, 1.82) is 0 Å². The molecule has 178 valence electrons. The molecule has 13 heteroatoms. The monoisotopic (exact) mass is 460 g/mol. The van der Waals surface area contributed by atoms with Crippen molar-refractivity contribution in [2.24, 2.45) is 5.92 Å². The number of ether oxygens (including phenoxy) is 3. The van der Waals surface area contributed by atoms with Gasteiger partial charge in [-0.05, 0) is 25.2 Å². The second-order valence-electron chi connectivity index (χ2n) is 6.61. The highest BCUT2D eigenvalue weighted by molar-refractivity contribution is 5.72. The molecule has 0 amide bonds. The Hall–Kier alpha value is -1.66. The smallest absolute Gasteiger partial charge is 0.381 e. The summed E-state index contributed by atoms with van der Waals surface area (Å²) >= 11 is 0. The summed E-state index contributed by atoms with van der Waals surface area (Å²) in [6.07, 6.45) is -4.96. The van der Waals surface area contributed by atoms with Gasteiger partial charge >= 0.3 is 36.1 Å². The summed E-state index contributed by atoms with van der Waals surface area (Å²) in [4.78, 5) is 22.8. The molecule has 0 bridgehead atoms. The normalized spacial score (nSPS) is 14.0. The second-order valence-corrected chi connectivity index (χ2v) is 6.61. The zero-order valence-electron chi connectivity index (χ0n) is 16.4. The van der Waals surface area contributed by atoms with E-state index in [1.165, 1.54) is 0 Å². The summed E-state index contributed by atoms with van der Waals surface area (Å²) in [7, 11) is 1.54. The van der Waals surface area contributed by atoms with E-state index < -0.39 is 49.2 Å². The maximum Gasteiger partial charge on any atom is 0.381 e. The van der Waals surface area contributed by atoms with Crippen molar-refractivity contribution in [1.82, 2.24) is 0 Å². The minimum absolute atomic E-state index is 0.105. The van der Waals surface area contributed by atoms with E-state index in [0.717, 1.165) is 6.42 Å². The van der Waals surface area contributed by atoms with E-state index in [9.17, 15) is 44.7 Å². The third-order valence-electron chi connectivity index (χ3n) is 4.02. The molecule has 0 aromatic rings. The molecular formula is C17H24F8O5. The zero-order valence-corrected chi connectivity index (χ0v) is 16.4. The maximum atomic E-state index is 13.2. The molecule has 0 rings (SSSR count).